The zero-order valence-corrected chi connectivity index (χ0v) is 12.3. The fourth-order valence-electron chi connectivity index (χ4n) is 2.05. The number of anilines is 1. The van der Waals surface area contributed by atoms with Crippen LogP contribution in [0.3, 0.4) is 0 Å². The molecule has 0 saturated heterocycles. The number of nitrogen functional groups attached to an aromatic ring is 1. The van der Waals surface area contributed by atoms with Gasteiger partial charge in [-0.1, -0.05) is 18.2 Å². The number of carbonyl (C=O) groups is 1. The number of para-hydroxylation sites is 1. The van der Waals surface area contributed by atoms with Crippen LogP contribution in [-0.2, 0) is 6.54 Å². The highest BCUT2D eigenvalue weighted by molar-refractivity contribution is 7.11. The quantitative estimate of drug-likeness (QED) is 0.778. The first-order chi connectivity index (χ1) is 10.1. The maximum absolute atomic E-state index is 12.2. The number of nitrogens with zero attached hydrogens (tertiary/aromatic N) is 2. The molecule has 3 rings (SSSR count). The number of fused-ring (bicyclic) bond motifs is 1. The third-order valence-corrected chi connectivity index (χ3v) is 3.96. The van der Waals surface area contributed by atoms with E-state index in [-0.39, 0.29) is 5.91 Å². The first-order valence-corrected chi connectivity index (χ1v) is 7.30. The zero-order valence-electron chi connectivity index (χ0n) is 11.5. The van der Waals surface area contributed by atoms with Crippen LogP contribution >= 0.6 is 11.3 Å². The molecule has 3 aromatic rings. The van der Waals surface area contributed by atoms with Crippen molar-refractivity contribution in [1.82, 2.24) is 15.3 Å². The maximum Gasteiger partial charge on any atom is 0.270 e. The number of thiazole rings is 1. The van der Waals surface area contributed by atoms with Crippen LogP contribution in [0.4, 0.5) is 5.69 Å². The van der Waals surface area contributed by atoms with Crippen LogP contribution < -0.4 is 11.1 Å². The van der Waals surface area contributed by atoms with E-state index in [9.17, 15) is 4.79 Å². The minimum atomic E-state index is -0.250. The summed E-state index contributed by atoms with van der Waals surface area (Å²) in [7, 11) is 0. The normalized spacial score (nSPS) is 10.7. The fraction of sp³-hybridized carbons (Fsp3) is 0.133. The number of aryl methyl sites for hydroxylation is 1. The lowest BCUT2D eigenvalue weighted by Crippen LogP contribution is -2.23. The van der Waals surface area contributed by atoms with Crippen molar-refractivity contribution in [2.24, 2.45) is 0 Å². The molecule has 2 heterocycles. The van der Waals surface area contributed by atoms with E-state index >= 15 is 0 Å². The average molecular weight is 298 g/mol. The van der Waals surface area contributed by atoms with Gasteiger partial charge in [0.2, 0.25) is 0 Å². The molecule has 0 fully saturated rings. The number of aromatic nitrogens is 2. The van der Waals surface area contributed by atoms with Crippen molar-refractivity contribution in [3.8, 4) is 0 Å². The summed E-state index contributed by atoms with van der Waals surface area (Å²) in [5.74, 6) is -0.250. The van der Waals surface area contributed by atoms with Gasteiger partial charge in [0, 0.05) is 22.1 Å². The number of hydrogen-bond acceptors (Lipinski definition) is 5. The van der Waals surface area contributed by atoms with E-state index in [1.54, 1.807) is 23.6 Å². The molecule has 0 aliphatic carbocycles. The van der Waals surface area contributed by atoms with Gasteiger partial charge in [0.15, 0.2) is 0 Å². The molecule has 5 nitrogen and oxygen atoms in total. The lowest BCUT2D eigenvalue weighted by molar-refractivity contribution is 0.0946. The molecule has 21 heavy (non-hydrogen) atoms. The summed E-state index contributed by atoms with van der Waals surface area (Å²) in [6.45, 7) is 2.38. The van der Waals surface area contributed by atoms with Crippen molar-refractivity contribution >= 4 is 33.8 Å². The van der Waals surface area contributed by atoms with Crippen LogP contribution in [0.2, 0.25) is 0 Å². The number of rotatable bonds is 3. The summed E-state index contributed by atoms with van der Waals surface area (Å²) in [5, 5.41) is 4.53. The number of carbonyl (C=O) groups excluding carboxylic acids is 1. The Balaban J connectivity index is 1.81. The molecule has 0 bridgehead atoms. The second kappa shape index (κ2) is 5.49. The van der Waals surface area contributed by atoms with Crippen molar-refractivity contribution < 1.29 is 4.79 Å². The lowest BCUT2D eigenvalue weighted by atomic mass is 10.1. The van der Waals surface area contributed by atoms with E-state index in [0.29, 0.717) is 23.4 Å². The molecule has 106 valence electrons. The van der Waals surface area contributed by atoms with Gasteiger partial charge in [-0.15, -0.1) is 11.3 Å². The van der Waals surface area contributed by atoms with E-state index < -0.39 is 0 Å². The molecule has 0 atom stereocenters. The predicted molar refractivity (Wildman–Crippen MR) is 84.2 cm³/mol. The van der Waals surface area contributed by atoms with Gasteiger partial charge in [0.1, 0.15) is 10.7 Å². The van der Waals surface area contributed by atoms with Gasteiger partial charge in [0.25, 0.3) is 5.91 Å². The minimum Gasteiger partial charge on any atom is -0.398 e. The summed E-state index contributed by atoms with van der Waals surface area (Å²) in [6.07, 6.45) is 1.79. The van der Waals surface area contributed by atoms with Crippen LogP contribution in [0.1, 0.15) is 20.4 Å². The van der Waals surface area contributed by atoms with Crippen LogP contribution in [-0.4, -0.2) is 15.9 Å². The van der Waals surface area contributed by atoms with Crippen molar-refractivity contribution in [2.75, 3.05) is 5.73 Å². The van der Waals surface area contributed by atoms with Gasteiger partial charge < -0.3 is 11.1 Å². The van der Waals surface area contributed by atoms with Crippen LogP contribution in [0.15, 0.2) is 36.5 Å². The van der Waals surface area contributed by atoms with Gasteiger partial charge >= 0.3 is 0 Å². The number of pyridine rings is 1. The van der Waals surface area contributed by atoms with E-state index in [1.807, 2.05) is 31.2 Å². The number of benzene rings is 1. The highest BCUT2D eigenvalue weighted by atomic mass is 32.1. The first kappa shape index (κ1) is 13.5. The molecule has 1 amide bonds. The molecule has 2 aromatic heterocycles. The Bertz CT molecular complexity index is 812. The Kier molecular flexibility index (Phi) is 3.53. The van der Waals surface area contributed by atoms with Gasteiger partial charge in [-0.25, -0.2) is 9.97 Å². The molecule has 0 unspecified atom stereocenters. The standard InChI is InChI=1S/C15H14N4OS/c1-9-7-17-14(21-9)8-18-15(20)13-6-11(16)10-4-2-3-5-12(10)19-13/h2-7H,8H2,1H3,(H2,16,19)(H,18,20). The number of hydrogen-bond donors (Lipinski definition) is 2. The highest BCUT2D eigenvalue weighted by Gasteiger charge is 2.11. The van der Waals surface area contributed by atoms with E-state index in [1.165, 1.54) is 0 Å². The van der Waals surface area contributed by atoms with Gasteiger partial charge in [-0.3, -0.25) is 4.79 Å². The van der Waals surface area contributed by atoms with Crippen molar-refractivity contribution in [3.63, 3.8) is 0 Å². The Hall–Kier alpha value is -2.47. The predicted octanol–water partition coefficient (Wildman–Crippen LogP) is 2.51. The molecule has 0 aliphatic rings. The van der Waals surface area contributed by atoms with Crippen molar-refractivity contribution in [1.29, 1.82) is 0 Å². The third kappa shape index (κ3) is 2.85. The smallest absolute Gasteiger partial charge is 0.270 e. The lowest BCUT2D eigenvalue weighted by Gasteiger charge is -2.06. The highest BCUT2D eigenvalue weighted by Crippen LogP contribution is 2.20. The van der Waals surface area contributed by atoms with Gasteiger partial charge in [-0.05, 0) is 19.1 Å². The summed E-state index contributed by atoms with van der Waals surface area (Å²) in [4.78, 5) is 21.8. The summed E-state index contributed by atoms with van der Waals surface area (Å²) >= 11 is 1.56. The Morgan fingerprint density at radius 2 is 2.19 bits per heavy atom. The first-order valence-electron chi connectivity index (χ1n) is 6.48. The van der Waals surface area contributed by atoms with Crippen LogP contribution in [0.25, 0.3) is 10.9 Å². The average Bonchev–Trinajstić information content (AvgIpc) is 2.90. The Labute approximate surface area is 125 Å². The van der Waals surface area contributed by atoms with E-state index in [2.05, 4.69) is 15.3 Å². The molecule has 3 N–H and O–H groups in total. The SMILES string of the molecule is Cc1cnc(CNC(=O)c2cc(N)c3ccccc3n2)s1. The fourth-order valence-corrected chi connectivity index (χ4v) is 2.78. The van der Waals surface area contributed by atoms with E-state index in [4.69, 9.17) is 5.73 Å². The summed E-state index contributed by atoms with van der Waals surface area (Å²) < 4.78 is 0. The topological polar surface area (TPSA) is 80.9 Å². The monoisotopic (exact) mass is 298 g/mol. The molecule has 6 heteroatoms. The molecule has 0 aliphatic heterocycles. The third-order valence-electron chi connectivity index (χ3n) is 3.05. The van der Waals surface area contributed by atoms with Crippen molar-refractivity contribution in [2.45, 2.75) is 13.5 Å². The van der Waals surface area contributed by atoms with Crippen LogP contribution in [0, 0.1) is 6.92 Å². The Morgan fingerprint density at radius 1 is 1.38 bits per heavy atom. The van der Waals surface area contributed by atoms with Crippen molar-refractivity contribution in [3.05, 3.63) is 52.1 Å². The molecule has 0 saturated carbocycles. The van der Waals surface area contributed by atoms with Gasteiger partial charge in [0.05, 0.1) is 12.1 Å². The summed E-state index contributed by atoms with van der Waals surface area (Å²) in [5.41, 5.74) is 7.56. The molecular weight excluding hydrogens is 284 g/mol. The second-order valence-electron chi connectivity index (χ2n) is 4.66. The molecule has 0 spiro atoms. The summed E-state index contributed by atoms with van der Waals surface area (Å²) in [6, 6.07) is 9.09. The largest absolute Gasteiger partial charge is 0.398 e. The second-order valence-corrected chi connectivity index (χ2v) is 5.98. The minimum absolute atomic E-state index is 0.250. The van der Waals surface area contributed by atoms with Crippen LogP contribution in [0.5, 0.6) is 0 Å². The molecular formula is C15H14N4OS. The number of amides is 1. The Morgan fingerprint density at radius 3 is 2.95 bits per heavy atom. The van der Waals surface area contributed by atoms with E-state index in [0.717, 1.165) is 15.3 Å². The van der Waals surface area contributed by atoms with Gasteiger partial charge in [-0.2, -0.15) is 0 Å². The molecule has 0 radical (unpaired) electrons. The number of nitrogens with two attached hydrogens (primary N) is 1. The zero-order chi connectivity index (χ0) is 14.8. The number of nitrogens with one attached hydrogen (secondary N) is 1. The molecule has 1 aromatic carbocycles. The maximum atomic E-state index is 12.2.